The topological polar surface area (TPSA) is 105 Å². The molecule has 0 aliphatic heterocycles. The van der Waals surface area contributed by atoms with Crippen LogP contribution in [0.2, 0.25) is 0 Å². The number of halogens is 1. The van der Waals surface area contributed by atoms with Gasteiger partial charge in [0.25, 0.3) is 5.91 Å². The van der Waals surface area contributed by atoms with Gasteiger partial charge in [0.05, 0.1) is 0 Å². The highest BCUT2D eigenvalue weighted by atomic mass is 32.1. The van der Waals surface area contributed by atoms with Crippen molar-refractivity contribution in [2.24, 2.45) is 5.73 Å². The molecule has 0 radical (unpaired) electrons. The number of hydrogen-bond acceptors (Lipinski definition) is 5. The van der Waals surface area contributed by atoms with Gasteiger partial charge in [-0.05, 0) is 41.7 Å². The second-order valence-corrected chi connectivity index (χ2v) is 5.79. The number of benzene rings is 1. The predicted molar refractivity (Wildman–Crippen MR) is 84.8 cm³/mol. The average Bonchev–Trinajstić information content (AvgIpc) is 3.00. The number of amides is 1. The van der Waals surface area contributed by atoms with Crippen molar-refractivity contribution in [1.29, 1.82) is 0 Å². The normalized spacial score (nSPS) is 12.0. The summed E-state index contributed by atoms with van der Waals surface area (Å²) < 4.78 is 17.9. The van der Waals surface area contributed by atoms with E-state index in [1.807, 2.05) is 6.92 Å². The van der Waals surface area contributed by atoms with Gasteiger partial charge >= 0.3 is 5.97 Å². The summed E-state index contributed by atoms with van der Waals surface area (Å²) in [5.74, 6) is -2.35. The molecule has 0 aliphatic carbocycles. The second-order valence-electron chi connectivity index (χ2n) is 4.90. The molecule has 1 aromatic carbocycles. The van der Waals surface area contributed by atoms with Crippen LogP contribution in [0.1, 0.15) is 22.2 Å². The fourth-order valence-electron chi connectivity index (χ4n) is 2.02. The first-order valence-corrected chi connectivity index (χ1v) is 7.70. The number of nitrogens with zero attached hydrogens (tertiary/aromatic N) is 1. The van der Waals surface area contributed by atoms with E-state index < -0.39 is 23.7 Å². The number of carbonyl (C=O) groups excluding carboxylic acids is 1. The third-order valence-electron chi connectivity index (χ3n) is 3.24. The van der Waals surface area contributed by atoms with Crippen LogP contribution < -0.4 is 11.1 Å². The lowest BCUT2D eigenvalue weighted by atomic mass is 10.0. The van der Waals surface area contributed by atoms with Crippen LogP contribution in [-0.4, -0.2) is 33.9 Å². The standard InChI is InChI=1S/C15H16FN3O3S/c1-2-13-11(6-19-23-13)8-3-9(5-10(16)4-8)14(20)18-7-12(17)15(21)22/h3-6,12H,2,7,17H2,1H3,(H,18,20)(H,21,22)/t12-/m1/s1. The lowest BCUT2D eigenvalue weighted by Crippen LogP contribution is -2.42. The Morgan fingerprint density at radius 3 is 2.83 bits per heavy atom. The zero-order valence-corrected chi connectivity index (χ0v) is 13.2. The van der Waals surface area contributed by atoms with Gasteiger partial charge in [-0.15, -0.1) is 0 Å². The summed E-state index contributed by atoms with van der Waals surface area (Å²) in [4.78, 5) is 23.7. The van der Waals surface area contributed by atoms with Crippen LogP contribution in [0.15, 0.2) is 24.4 Å². The number of aliphatic carboxylic acids is 1. The third kappa shape index (κ3) is 4.11. The molecular weight excluding hydrogens is 321 g/mol. The minimum absolute atomic E-state index is 0.103. The van der Waals surface area contributed by atoms with E-state index in [-0.39, 0.29) is 12.1 Å². The summed E-state index contributed by atoms with van der Waals surface area (Å²) in [6.07, 6.45) is 2.39. The van der Waals surface area contributed by atoms with E-state index in [1.54, 1.807) is 12.3 Å². The Labute approximate surface area is 136 Å². The number of aryl methyl sites for hydroxylation is 1. The number of aromatic nitrogens is 1. The Hall–Kier alpha value is -2.32. The van der Waals surface area contributed by atoms with Crippen molar-refractivity contribution >= 4 is 23.4 Å². The molecule has 0 saturated carbocycles. The van der Waals surface area contributed by atoms with Crippen molar-refractivity contribution < 1.29 is 19.1 Å². The van der Waals surface area contributed by atoms with E-state index >= 15 is 0 Å². The molecule has 8 heteroatoms. The van der Waals surface area contributed by atoms with Gasteiger partial charge in [0, 0.05) is 28.7 Å². The van der Waals surface area contributed by atoms with Gasteiger partial charge in [-0.25, -0.2) is 8.76 Å². The fraction of sp³-hybridized carbons (Fsp3) is 0.267. The van der Waals surface area contributed by atoms with Crippen LogP contribution in [-0.2, 0) is 11.2 Å². The molecule has 0 unspecified atom stereocenters. The van der Waals surface area contributed by atoms with E-state index in [0.29, 0.717) is 5.56 Å². The van der Waals surface area contributed by atoms with Crippen molar-refractivity contribution in [2.45, 2.75) is 19.4 Å². The Kier molecular flexibility index (Phi) is 5.41. The minimum atomic E-state index is -1.22. The quantitative estimate of drug-likeness (QED) is 0.743. The number of nitrogens with one attached hydrogen (secondary N) is 1. The first-order valence-electron chi connectivity index (χ1n) is 6.93. The summed E-state index contributed by atoms with van der Waals surface area (Å²) >= 11 is 1.33. The van der Waals surface area contributed by atoms with Gasteiger partial charge in [-0.3, -0.25) is 9.59 Å². The van der Waals surface area contributed by atoms with Crippen molar-refractivity contribution in [3.63, 3.8) is 0 Å². The summed E-state index contributed by atoms with van der Waals surface area (Å²) in [6.45, 7) is 1.73. The summed E-state index contributed by atoms with van der Waals surface area (Å²) in [5, 5.41) is 11.1. The first kappa shape index (κ1) is 17.0. The zero-order valence-electron chi connectivity index (χ0n) is 12.4. The van der Waals surface area contributed by atoms with E-state index in [2.05, 4.69) is 9.69 Å². The Bertz CT molecular complexity index is 733. The van der Waals surface area contributed by atoms with E-state index in [0.717, 1.165) is 22.9 Å². The number of carboxylic acids is 1. The average molecular weight is 337 g/mol. The van der Waals surface area contributed by atoms with Crippen molar-refractivity contribution in [3.05, 3.63) is 40.7 Å². The number of rotatable bonds is 6. The SMILES string of the molecule is CCc1sncc1-c1cc(F)cc(C(=O)NC[C@@H](N)C(=O)O)c1. The molecule has 122 valence electrons. The Morgan fingerprint density at radius 2 is 2.17 bits per heavy atom. The summed E-state index contributed by atoms with van der Waals surface area (Å²) in [5.41, 5.74) is 6.77. The van der Waals surface area contributed by atoms with Gasteiger partial charge in [-0.1, -0.05) is 6.92 Å². The smallest absolute Gasteiger partial charge is 0.322 e. The monoisotopic (exact) mass is 337 g/mol. The van der Waals surface area contributed by atoms with Gasteiger partial charge in [0.2, 0.25) is 0 Å². The van der Waals surface area contributed by atoms with Crippen LogP contribution in [0.25, 0.3) is 11.1 Å². The van der Waals surface area contributed by atoms with E-state index in [9.17, 15) is 14.0 Å². The number of nitrogens with two attached hydrogens (primary N) is 1. The van der Waals surface area contributed by atoms with Gasteiger partial charge in [0.1, 0.15) is 11.9 Å². The first-order chi connectivity index (χ1) is 10.9. The molecule has 6 nitrogen and oxygen atoms in total. The number of hydrogen-bond donors (Lipinski definition) is 3. The second kappa shape index (κ2) is 7.30. The molecule has 1 heterocycles. The molecule has 0 saturated heterocycles. The maximum Gasteiger partial charge on any atom is 0.322 e. The fourth-order valence-corrected chi connectivity index (χ4v) is 2.71. The molecule has 2 rings (SSSR count). The highest BCUT2D eigenvalue weighted by Crippen LogP contribution is 2.28. The zero-order chi connectivity index (χ0) is 17.0. The van der Waals surface area contributed by atoms with Crippen LogP contribution in [0.5, 0.6) is 0 Å². The highest BCUT2D eigenvalue weighted by Gasteiger charge is 2.16. The molecular formula is C15H16FN3O3S. The van der Waals surface area contributed by atoms with Crippen LogP contribution in [0.4, 0.5) is 4.39 Å². The maximum absolute atomic E-state index is 13.8. The van der Waals surface area contributed by atoms with Crippen LogP contribution in [0, 0.1) is 5.82 Å². The number of carbonyl (C=O) groups is 2. The maximum atomic E-state index is 13.8. The number of carboxylic acid groups (broad SMARTS) is 1. The van der Waals surface area contributed by atoms with E-state index in [1.165, 1.54) is 17.6 Å². The lowest BCUT2D eigenvalue weighted by Gasteiger charge is -2.10. The molecule has 4 N–H and O–H groups in total. The summed E-state index contributed by atoms with van der Waals surface area (Å²) in [6, 6.07) is 2.77. The van der Waals surface area contributed by atoms with Crippen molar-refractivity contribution in [3.8, 4) is 11.1 Å². The molecule has 1 aromatic heterocycles. The molecule has 23 heavy (non-hydrogen) atoms. The lowest BCUT2D eigenvalue weighted by molar-refractivity contribution is -0.138. The van der Waals surface area contributed by atoms with Crippen LogP contribution in [0.3, 0.4) is 0 Å². The molecule has 0 bridgehead atoms. The minimum Gasteiger partial charge on any atom is -0.480 e. The third-order valence-corrected chi connectivity index (χ3v) is 4.18. The van der Waals surface area contributed by atoms with Crippen LogP contribution >= 0.6 is 11.5 Å². The van der Waals surface area contributed by atoms with Gasteiger partial charge in [0.15, 0.2) is 0 Å². The molecule has 0 aliphatic rings. The molecule has 1 atom stereocenters. The van der Waals surface area contributed by atoms with Crippen molar-refractivity contribution in [2.75, 3.05) is 6.54 Å². The predicted octanol–water partition coefficient (Wildman–Crippen LogP) is 1.65. The largest absolute Gasteiger partial charge is 0.480 e. The highest BCUT2D eigenvalue weighted by molar-refractivity contribution is 7.06. The molecule has 1 amide bonds. The Balaban J connectivity index is 2.23. The molecule has 0 fully saturated rings. The van der Waals surface area contributed by atoms with E-state index in [4.69, 9.17) is 10.8 Å². The summed E-state index contributed by atoms with van der Waals surface area (Å²) in [7, 11) is 0. The molecule has 0 spiro atoms. The van der Waals surface area contributed by atoms with Gasteiger partial charge < -0.3 is 16.2 Å². The Morgan fingerprint density at radius 1 is 1.43 bits per heavy atom. The van der Waals surface area contributed by atoms with Gasteiger partial charge in [-0.2, -0.15) is 0 Å². The molecule has 2 aromatic rings. The van der Waals surface area contributed by atoms with Crippen molar-refractivity contribution in [1.82, 2.24) is 9.69 Å².